The van der Waals surface area contributed by atoms with Crippen molar-refractivity contribution in [1.29, 1.82) is 0 Å². The van der Waals surface area contributed by atoms with Crippen molar-refractivity contribution in [2.45, 2.75) is 12.1 Å². The van der Waals surface area contributed by atoms with Crippen LogP contribution in [0.1, 0.15) is 5.69 Å². The summed E-state index contributed by atoms with van der Waals surface area (Å²) in [4.78, 5) is 21.2. The molecule has 7 heteroatoms. The van der Waals surface area contributed by atoms with Crippen LogP contribution in [0.3, 0.4) is 0 Å². The number of nitrogens with zero attached hydrogens (tertiary/aromatic N) is 2. The predicted molar refractivity (Wildman–Crippen MR) is 110 cm³/mol. The maximum Gasteiger partial charge on any atom is 0.234 e. The van der Waals surface area contributed by atoms with E-state index in [1.54, 1.807) is 19.2 Å². The third kappa shape index (κ3) is 5.21. The second kappa shape index (κ2) is 8.88. The van der Waals surface area contributed by atoms with Crippen LogP contribution in [-0.2, 0) is 4.79 Å². The Morgan fingerprint density at radius 3 is 2.63 bits per heavy atom. The Hall–Kier alpha value is -2.57. The van der Waals surface area contributed by atoms with E-state index in [0.29, 0.717) is 21.6 Å². The van der Waals surface area contributed by atoms with Gasteiger partial charge in [-0.1, -0.05) is 47.6 Å². The minimum Gasteiger partial charge on any atom is -0.495 e. The first-order valence-electron chi connectivity index (χ1n) is 8.22. The highest BCUT2D eigenvalue weighted by atomic mass is 35.5. The summed E-state index contributed by atoms with van der Waals surface area (Å²) in [6.07, 6.45) is 0. The molecule has 0 fully saturated rings. The van der Waals surface area contributed by atoms with Gasteiger partial charge in [-0.2, -0.15) is 0 Å². The van der Waals surface area contributed by atoms with Gasteiger partial charge in [-0.3, -0.25) is 4.79 Å². The number of hydrogen-bond acceptors (Lipinski definition) is 5. The fraction of sp³-hybridized carbons (Fsp3) is 0.150. The molecule has 0 bridgehead atoms. The van der Waals surface area contributed by atoms with Crippen LogP contribution in [0.4, 0.5) is 5.69 Å². The molecule has 27 heavy (non-hydrogen) atoms. The molecule has 0 saturated carbocycles. The van der Waals surface area contributed by atoms with E-state index in [9.17, 15) is 4.79 Å². The molecular formula is C20H18ClN3O2S. The van der Waals surface area contributed by atoms with Crippen LogP contribution in [-0.4, -0.2) is 28.7 Å². The molecule has 1 heterocycles. The fourth-order valence-corrected chi connectivity index (χ4v) is 3.27. The van der Waals surface area contributed by atoms with Crippen LogP contribution in [0.25, 0.3) is 11.3 Å². The SMILES string of the molecule is COc1ccccc1NC(=O)CSc1nc(C)cc(-c2ccc(Cl)cc2)n1. The largest absolute Gasteiger partial charge is 0.495 e. The van der Waals surface area contributed by atoms with Crippen molar-refractivity contribution in [3.8, 4) is 17.0 Å². The number of thioether (sulfide) groups is 1. The van der Waals surface area contributed by atoms with Crippen LogP contribution in [0.2, 0.25) is 5.02 Å². The Kier molecular flexibility index (Phi) is 6.32. The van der Waals surface area contributed by atoms with Crippen LogP contribution in [0.15, 0.2) is 59.8 Å². The number of benzene rings is 2. The number of aromatic nitrogens is 2. The van der Waals surface area contributed by atoms with E-state index in [1.165, 1.54) is 11.8 Å². The minimum absolute atomic E-state index is 0.150. The Morgan fingerprint density at radius 2 is 1.89 bits per heavy atom. The van der Waals surface area contributed by atoms with Crippen molar-refractivity contribution >= 4 is 35.0 Å². The van der Waals surface area contributed by atoms with Crippen molar-refractivity contribution in [2.75, 3.05) is 18.2 Å². The number of rotatable bonds is 6. The highest BCUT2D eigenvalue weighted by Gasteiger charge is 2.10. The summed E-state index contributed by atoms with van der Waals surface area (Å²) in [7, 11) is 1.57. The number of ether oxygens (including phenoxy) is 1. The monoisotopic (exact) mass is 399 g/mol. The van der Waals surface area contributed by atoms with Crippen molar-refractivity contribution in [3.05, 3.63) is 65.3 Å². The Labute approximate surface area is 167 Å². The van der Waals surface area contributed by atoms with Gasteiger partial charge in [0.05, 0.1) is 24.2 Å². The lowest BCUT2D eigenvalue weighted by Crippen LogP contribution is -2.15. The third-order valence-corrected chi connectivity index (χ3v) is 4.79. The summed E-state index contributed by atoms with van der Waals surface area (Å²) in [6, 6.07) is 16.6. The molecular weight excluding hydrogens is 382 g/mol. The highest BCUT2D eigenvalue weighted by Crippen LogP contribution is 2.25. The molecule has 5 nitrogen and oxygen atoms in total. The fourth-order valence-electron chi connectivity index (χ4n) is 2.44. The first kappa shape index (κ1) is 19.2. The number of carbonyl (C=O) groups excluding carboxylic acids is 1. The Balaban J connectivity index is 1.69. The molecule has 0 aliphatic carbocycles. The number of halogens is 1. The molecule has 3 aromatic rings. The quantitative estimate of drug-likeness (QED) is 0.474. The van der Waals surface area contributed by atoms with E-state index >= 15 is 0 Å². The average Bonchev–Trinajstić information content (AvgIpc) is 2.67. The maximum absolute atomic E-state index is 12.3. The van der Waals surface area contributed by atoms with Gasteiger partial charge in [-0.25, -0.2) is 9.97 Å². The number of carbonyl (C=O) groups is 1. The van der Waals surface area contributed by atoms with Crippen molar-refractivity contribution < 1.29 is 9.53 Å². The highest BCUT2D eigenvalue weighted by molar-refractivity contribution is 7.99. The lowest BCUT2D eigenvalue weighted by Gasteiger charge is -2.10. The molecule has 0 atom stereocenters. The number of hydrogen-bond donors (Lipinski definition) is 1. The third-order valence-electron chi connectivity index (χ3n) is 3.69. The summed E-state index contributed by atoms with van der Waals surface area (Å²) < 4.78 is 5.24. The van der Waals surface area contributed by atoms with Gasteiger partial charge in [-0.05, 0) is 37.3 Å². The van der Waals surface area contributed by atoms with Gasteiger partial charge in [0, 0.05) is 16.3 Å². The smallest absolute Gasteiger partial charge is 0.234 e. The molecule has 0 aliphatic heterocycles. The van der Waals surface area contributed by atoms with Gasteiger partial charge < -0.3 is 10.1 Å². The number of amides is 1. The topological polar surface area (TPSA) is 64.1 Å². The average molecular weight is 400 g/mol. The minimum atomic E-state index is -0.150. The Bertz CT molecular complexity index is 948. The molecule has 1 N–H and O–H groups in total. The summed E-state index contributed by atoms with van der Waals surface area (Å²) in [5.74, 6) is 0.664. The standard InChI is InChI=1S/C20H18ClN3O2S/c1-13-11-17(14-7-9-15(21)10-8-14)24-20(22-13)27-12-19(25)23-16-5-3-4-6-18(16)26-2/h3-11H,12H2,1-2H3,(H,23,25). The zero-order valence-corrected chi connectivity index (χ0v) is 16.5. The van der Waals surface area contributed by atoms with Gasteiger partial charge in [0.2, 0.25) is 5.91 Å². The predicted octanol–water partition coefficient (Wildman–Crippen LogP) is 4.84. The van der Waals surface area contributed by atoms with Crippen LogP contribution < -0.4 is 10.1 Å². The van der Waals surface area contributed by atoms with E-state index in [4.69, 9.17) is 16.3 Å². The van der Waals surface area contributed by atoms with Crippen LogP contribution in [0.5, 0.6) is 5.75 Å². The molecule has 0 aliphatic rings. The zero-order valence-electron chi connectivity index (χ0n) is 14.9. The van der Waals surface area contributed by atoms with Crippen molar-refractivity contribution in [3.63, 3.8) is 0 Å². The molecule has 0 saturated heterocycles. The molecule has 138 valence electrons. The molecule has 0 radical (unpaired) electrons. The lowest BCUT2D eigenvalue weighted by molar-refractivity contribution is -0.113. The van der Waals surface area contributed by atoms with E-state index in [-0.39, 0.29) is 11.7 Å². The van der Waals surface area contributed by atoms with E-state index < -0.39 is 0 Å². The van der Waals surface area contributed by atoms with Gasteiger partial charge in [-0.15, -0.1) is 0 Å². The van der Waals surface area contributed by atoms with E-state index in [1.807, 2.05) is 49.4 Å². The summed E-state index contributed by atoms with van der Waals surface area (Å²) >= 11 is 7.23. The number of para-hydroxylation sites is 2. The molecule has 2 aromatic carbocycles. The Morgan fingerprint density at radius 1 is 1.15 bits per heavy atom. The van der Waals surface area contributed by atoms with Gasteiger partial charge in [0.1, 0.15) is 5.75 Å². The molecule has 1 amide bonds. The number of anilines is 1. The lowest BCUT2D eigenvalue weighted by atomic mass is 10.1. The first-order chi connectivity index (χ1) is 13.0. The second-order valence-electron chi connectivity index (χ2n) is 5.72. The van der Waals surface area contributed by atoms with E-state index in [0.717, 1.165) is 17.0 Å². The maximum atomic E-state index is 12.3. The summed E-state index contributed by atoms with van der Waals surface area (Å²) in [5.41, 5.74) is 3.22. The molecule has 0 spiro atoms. The van der Waals surface area contributed by atoms with Gasteiger partial charge >= 0.3 is 0 Å². The molecule has 0 unspecified atom stereocenters. The number of nitrogens with one attached hydrogen (secondary N) is 1. The first-order valence-corrected chi connectivity index (χ1v) is 9.59. The normalized spacial score (nSPS) is 10.5. The van der Waals surface area contributed by atoms with Crippen LogP contribution in [0, 0.1) is 6.92 Å². The molecule has 1 aromatic heterocycles. The number of aryl methyl sites for hydroxylation is 1. The van der Waals surface area contributed by atoms with Crippen molar-refractivity contribution in [1.82, 2.24) is 9.97 Å². The number of methoxy groups -OCH3 is 1. The van der Waals surface area contributed by atoms with E-state index in [2.05, 4.69) is 15.3 Å². The van der Waals surface area contributed by atoms with Gasteiger partial charge in [0.25, 0.3) is 0 Å². The summed E-state index contributed by atoms with van der Waals surface area (Å²) in [6.45, 7) is 1.90. The summed E-state index contributed by atoms with van der Waals surface area (Å²) in [5, 5.41) is 4.07. The van der Waals surface area contributed by atoms with Gasteiger partial charge in [0.15, 0.2) is 5.16 Å². The molecule has 3 rings (SSSR count). The van der Waals surface area contributed by atoms with Crippen LogP contribution >= 0.6 is 23.4 Å². The van der Waals surface area contributed by atoms with Crippen molar-refractivity contribution in [2.24, 2.45) is 0 Å². The second-order valence-corrected chi connectivity index (χ2v) is 7.10. The zero-order chi connectivity index (χ0) is 19.2.